The fraction of sp³-hybridized carbons (Fsp3) is 0.208. The van der Waals surface area contributed by atoms with Crippen LogP contribution in [0.5, 0.6) is 5.75 Å². The van der Waals surface area contributed by atoms with Crippen LogP contribution in [-0.4, -0.2) is 20.9 Å². The molecule has 1 N–H and O–H groups in total. The summed E-state index contributed by atoms with van der Waals surface area (Å²) < 4.78 is 33.0. The number of para-hydroxylation sites is 1. The monoisotopic (exact) mass is 423 g/mol. The lowest BCUT2D eigenvalue weighted by Gasteiger charge is -2.14. The summed E-state index contributed by atoms with van der Waals surface area (Å²) in [5.41, 5.74) is 2.96. The molecule has 30 heavy (non-hydrogen) atoms. The van der Waals surface area contributed by atoms with E-state index in [1.165, 1.54) is 12.1 Å². The van der Waals surface area contributed by atoms with E-state index in [1.54, 1.807) is 24.3 Å². The second-order valence-corrected chi connectivity index (χ2v) is 8.50. The second-order valence-electron chi connectivity index (χ2n) is 6.82. The largest absolute Gasteiger partial charge is 0.493 e. The number of rotatable bonds is 8. The first-order valence-electron chi connectivity index (χ1n) is 9.93. The fourth-order valence-corrected chi connectivity index (χ4v) is 4.14. The number of ether oxygens (including phenoxy) is 1. The molecule has 1 amide bonds. The number of amides is 1. The zero-order valence-electron chi connectivity index (χ0n) is 17.1. The highest BCUT2D eigenvalue weighted by atomic mass is 32.2. The first-order chi connectivity index (χ1) is 14.5. The third-order valence-electron chi connectivity index (χ3n) is 4.67. The summed E-state index contributed by atoms with van der Waals surface area (Å²) in [6.45, 7) is 4.60. The molecule has 0 aliphatic heterocycles. The predicted octanol–water partition coefficient (Wildman–Crippen LogP) is 4.82. The van der Waals surface area contributed by atoms with Crippen molar-refractivity contribution in [1.82, 2.24) is 4.72 Å². The van der Waals surface area contributed by atoms with Gasteiger partial charge in [0.15, 0.2) is 0 Å². The van der Waals surface area contributed by atoms with Crippen molar-refractivity contribution in [2.45, 2.75) is 31.6 Å². The van der Waals surface area contributed by atoms with Crippen molar-refractivity contribution in [2.75, 3.05) is 6.61 Å². The molecule has 0 saturated carbocycles. The molecule has 0 heterocycles. The third-order valence-corrected chi connectivity index (χ3v) is 6.02. The SMILES string of the molecule is CCCOc1ccccc1-c1ccc(C(=O)NS(=O)(=O)c2ccccc2)c(CC)c1. The molecular formula is C24H25NO4S. The molecule has 5 nitrogen and oxygen atoms in total. The van der Waals surface area contributed by atoms with Crippen LogP contribution in [0.1, 0.15) is 36.2 Å². The van der Waals surface area contributed by atoms with E-state index in [0.717, 1.165) is 28.9 Å². The maximum atomic E-state index is 12.8. The molecule has 0 atom stereocenters. The molecule has 156 valence electrons. The predicted molar refractivity (Wildman–Crippen MR) is 118 cm³/mol. The molecule has 0 spiro atoms. The lowest BCUT2D eigenvalue weighted by Crippen LogP contribution is -2.31. The maximum Gasteiger partial charge on any atom is 0.265 e. The normalized spacial score (nSPS) is 11.1. The van der Waals surface area contributed by atoms with Crippen molar-refractivity contribution in [1.29, 1.82) is 0 Å². The summed E-state index contributed by atoms with van der Waals surface area (Å²) in [4.78, 5) is 12.8. The Labute approximate surface area is 177 Å². The molecule has 0 aromatic heterocycles. The van der Waals surface area contributed by atoms with Crippen molar-refractivity contribution in [3.8, 4) is 16.9 Å². The molecule has 3 aromatic rings. The standard InChI is InChI=1S/C24H25NO4S/c1-3-16-29-23-13-9-8-12-21(23)19-14-15-22(18(4-2)17-19)24(26)25-30(27,28)20-10-6-5-7-11-20/h5-15,17H,3-4,16H2,1-2H3,(H,25,26). The summed E-state index contributed by atoms with van der Waals surface area (Å²) in [7, 11) is -3.93. The van der Waals surface area contributed by atoms with Crippen molar-refractivity contribution in [2.24, 2.45) is 0 Å². The molecule has 3 aromatic carbocycles. The van der Waals surface area contributed by atoms with Gasteiger partial charge >= 0.3 is 0 Å². The van der Waals surface area contributed by atoms with Gasteiger partial charge in [0.1, 0.15) is 5.75 Å². The van der Waals surface area contributed by atoms with Gasteiger partial charge in [-0.3, -0.25) is 4.79 Å². The van der Waals surface area contributed by atoms with E-state index in [9.17, 15) is 13.2 Å². The summed E-state index contributed by atoms with van der Waals surface area (Å²) in [6.07, 6.45) is 1.49. The highest BCUT2D eigenvalue weighted by molar-refractivity contribution is 7.90. The molecule has 0 aliphatic rings. The van der Waals surface area contributed by atoms with Crippen LogP contribution < -0.4 is 9.46 Å². The highest BCUT2D eigenvalue weighted by Crippen LogP contribution is 2.31. The van der Waals surface area contributed by atoms with E-state index < -0.39 is 15.9 Å². The zero-order chi connectivity index (χ0) is 21.6. The summed E-state index contributed by atoms with van der Waals surface area (Å²) in [5.74, 6) is 0.142. The Kier molecular flexibility index (Phi) is 6.90. The van der Waals surface area contributed by atoms with Crippen LogP contribution in [0.25, 0.3) is 11.1 Å². The van der Waals surface area contributed by atoms with E-state index in [0.29, 0.717) is 18.6 Å². The Morgan fingerprint density at radius 1 is 0.933 bits per heavy atom. The van der Waals surface area contributed by atoms with Gasteiger partial charge in [0.2, 0.25) is 0 Å². The third kappa shape index (κ3) is 4.89. The number of carbonyl (C=O) groups excluding carboxylic acids is 1. The van der Waals surface area contributed by atoms with Gasteiger partial charge < -0.3 is 4.74 Å². The Balaban J connectivity index is 1.91. The number of sulfonamides is 1. The Morgan fingerprint density at radius 3 is 2.33 bits per heavy atom. The van der Waals surface area contributed by atoms with Gasteiger partial charge in [0, 0.05) is 11.1 Å². The smallest absolute Gasteiger partial charge is 0.265 e. The minimum absolute atomic E-state index is 0.0509. The molecule has 0 unspecified atom stereocenters. The number of nitrogens with one attached hydrogen (secondary N) is 1. The zero-order valence-corrected chi connectivity index (χ0v) is 17.9. The van der Waals surface area contributed by atoms with E-state index in [1.807, 2.05) is 43.3 Å². The number of benzene rings is 3. The molecular weight excluding hydrogens is 398 g/mol. The van der Waals surface area contributed by atoms with Crippen LogP contribution in [0.3, 0.4) is 0 Å². The average molecular weight is 424 g/mol. The highest BCUT2D eigenvalue weighted by Gasteiger charge is 2.20. The van der Waals surface area contributed by atoms with Crippen molar-refractivity contribution in [3.05, 3.63) is 83.9 Å². The molecule has 6 heteroatoms. The van der Waals surface area contributed by atoms with Crippen LogP contribution in [0.4, 0.5) is 0 Å². The van der Waals surface area contributed by atoms with E-state index in [4.69, 9.17) is 4.74 Å². The van der Waals surface area contributed by atoms with Gasteiger partial charge in [-0.25, -0.2) is 13.1 Å². The minimum Gasteiger partial charge on any atom is -0.493 e. The minimum atomic E-state index is -3.93. The molecule has 3 rings (SSSR count). The lowest BCUT2D eigenvalue weighted by atomic mass is 9.97. The first-order valence-corrected chi connectivity index (χ1v) is 11.4. The van der Waals surface area contributed by atoms with Crippen LogP contribution in [0.15, 0.2) is 77.7 Å². The van der Waals surface area contributed by atoms with Crippen LogP contribution in [0, 0.1) is 0 Å². The van der Waals surface area contributed by atoms with E-state index >= 15 is 0 Å². The number of carbonyl (C=O) groups is 1. The molecule has 0 aliphatic carbocycles. The van der Waals surface area contributed by atoms with Crippen molar-refractivity contribution in [3.63, 3.8) is 0 Å². The lowest BCUT2D eigenvalue weighted by molar-refractivity contribution is 0.0980. The topological polar surface area (TPSA) is 72.5 Å². The summed E-state index contributed by atoms with van der Waals surface area (Å²) in [5, 5.41) is 0. The van der Waals surface area contributed by atoms with Crippen LogP contribution in [0.2, 0.25) is 0 Å². The van der Waals surface area contributed by atoms with Crippen molar-refractivity contribution < 1.29 is 17.9 Å². The molecule has 0 radical (unpaired) electrons. The summed E-state index contributed by atoms with van der Waals surface area (Å²) in [6, 6.07) is 21.0. The van der Waals surface area contributed by atoms with E-state index in [2.05, 4.69) is 11.6 Å². The Morgan fingerprint density at radius 2 is 1.63 bits per heavy atom. The molecule has 0 saturated heterocycles. The molecule has 0 bridgehead atoms. The fourth-order valence-electron chi connectivity index (χ4n) is 3.15. The van der Waals surface area contributed by atoms with Crippen molar-refractivity contribution >= 4 is 15.9 Å². The van der Waals surface area contributed by atoms with Gasteiger partial charge in [0.25, 0.3) is 15.9 Å². The first kappa shape index (κ1) is 21.6. The number of hydrogen-bond acceptors (Lipinski definition) is 4. The van der Waals surface area contributed by atoms with Crippen LogP contribution in [-0.2, 0) is 16.4 Å². The number of hydrogen-bond donors (Lipinski definition) is 1. The van der Waals surface area contributed by atoms with Gasteiger partial charge in [-0.15, -0.1) is 0 Å². The van der Waals surface area contributed by atoms with Crippen LogP contribution >= 0.6 is 0 Å². The van der Waals surface area contributed by atoms with Gasteiger partial charge in [-0.2, -0.15) is 0 Å². The van der Waals surface area contributed by atoms with E-state index in [-0.39, 0.29) is 4.90 Å². The van der Waals surface area contributed by atoms with Gasteiger partial charge in [-0.1, -0.05) is 62.4 Å². The summed E-state index contributed by atoms with van der Waals surface area (Å²) >= 11 is 0. The van der Waals surface area contributed by atoms with Gasteiger partial charge in [-0.05, 0) is 48.2 Å². The van der Waals surface area contributed by atoms with Gasteiger partial charge in [0.05, 0.1) is 11.5 Å². The number of aryl methyl sites for hydroxylation is 1. The second kappa shape index (κ2) is 9.59. The average Bonchev–Trinajstić information content (AvgIpc) is 2.77. The quantitative estimate of drug-likeness (QED) is 0.564. The maximum absolute atomic E-state index is 12.8. The Bertz CT molecular complexity index is 1120. The Hall–Kier alpha value is -3.12. The molecule has 0 fully saturated rings.